The highest BCUT2D eigenvalue weighted by molar-refractivity contribution is 6.30. The first-order valence-corrected chi connectivity index (χ1v) is 11.0. The van der Waals surface area contributed by atoms with Crippen molar-refractivity contribution in [2.45, 2.75) is 33.2 Å². The average Bonchev–Trinajstić information content (AvgIpc) is 2.75. The third kappa shape index (κ3) is 4.26. The number of ether oxygens (including phenoxy) is 2. The first kappa shape index (κ1) is 21.3. The molecule has 160 valence electrons. The number of aryl methyl sites for hydroxylation is 1. The van der Waals surface area contributed by atoms with Crippen LogP contribution in [0.25, 0.3) is 0 Å². The smallest absolute Gasteiger partial charge is 0.232 e. The molecule has 3 aromatic rings. The molecule has 4 nitrogen and oxygen atoms in total. The quantitative estimate of drug-likeness (QED) is 0.467. The number of carbonyl (C=O) groups excluding carboxylic acids is 1. The SMILES string of the molecule is CCOc1cc2c(cc1OCC)[C@H](c1cccc(C)c1)N(c1ccc(Cl)cc1)C(=O)C2. The summed E-state index contributed by atoms with van der Waals surface area (Å²) in [6.45, 7) is 7.03. The number of fused-ring (bicyclic) bond motifs is 1. The molecule has 5 heteroatoms. The summed E-state index contributed by atoms with van der Waals surface area (Å²) in [6, 6.07) is 19.4. The van der Waals surface area contributed by atoms with E-state index >= 15 is 0 Å². The van der Waals surface area contributed by atoms with Gasteiger partial charge in [0.25, 0.3) is 0 Å². The number of benzene rings is 3. The average molecular weight is 436 g/mol. The monoisotopic (exact) mass is 435 g/mol. The maximum Gasteiger partial charge on any atom is 0.232 e. The van der Waals surface area contributed by atoms with Crippen LogP contribution in [-0.4, -0.2) is 19.1 Å². The molecule has 4 rings (SSSR count). The summed E-state index contributed by atoms with van der Waals surface area (Å²) in [7, 11) is 0. The van der Waals surface area contributed by atoms with Crippen LogP contribution in [0.3, 0.4) is 0 Å². The highest BCUT2D eigenvalue weighted by Crippen LogP contribution is 2.43. The lowest BCUT2D eigenvalue weighted by Crippen LogP contribution is -2.41. The predicted octanol–water partition coefficient (Wildman–Crippen LogP) is 6.12. The highest BCUT2D eigenvalue weighted by Gasteiger charge is 2.36. The molecule has 1 heterocycles. The van der Waals surface area contributed by atoms with Crippen LogP contribution in [0.4, 0.5) is 5.69 Å². The zero-order chi connectivity index (χ0) is 22.0. The molecule has 31 heavy (non-hydrogen) atoms. The molecule has 1 aliphatic rings. The molecular formula is C26H26ClNO3. The third-order valence-electron chi connectivity index (χ3n) is 5.43. The fraction of sp³-hybridized carbons (Fsp3) is 0.269. The van der Waals surface area contributed by atoms with E-state index in [0.29, 0.717) is 36.2 Å². The molecule has 0 spiro atoms. The first-order chi connectivity index (χ1) is 15.0. The lowest BCUT2D eigenvalue weighted by Gasteiger charge is -2.38. The van der Waals surface area contributed by atoms with Gasteiger partial charge in [-0.1, -0.05) is 41.4 Å². The molecule has 1 aliphatic heterocycles. The van der Waals surface area contributed by atoms with Crippen molar-refractivity contribution in [1.29, 1.82) is 0 Å². The summed E-state index contributed by atoms with van der Waals surface area (Å²) < 4.78 is 11.7. The van der Waals surface area contributed by atoms with Gasteiger partial charge in [0.05, 0.1) is 25.7 Å². The van der Waals surface area contributed by atoms with E-state index in [9.17, 15) is 4.79 Å². The van der Waals surface area contributed by atoms with Crippen LogP contribution >= 0.6 is 11.6 Å². The van der Waals surface area contributed by atoms with Crippen molar-refractivity contribution in [3.8, 4) is 11.5 Å². The van der Waals surface area contributed by atoms with E-state index < -0.39 is 0 Å². The van der Waals surface area contributed by atoms with Gasteiger partial charge in [-0.25, -0.2) is 0 Å². The fourth-order valence-electron chi connectivity index (χ4n) is 4.16. The zero-order valence-electron chi connectivity index (χ0n) is 18.0. The molecule has 1 atom stereocenters. The van der Waals surface area contributed by atoms with Gasteiger partial charge in [-0.2, -0.15) is 0 Å². The van der Waals surface area contributed by atoms with Gasteiger partial charge in [0.1, 0.15) is 0 Å². The third-order valence-corrected chi connectivity index (χ3v) is 5.68. The van der Waals surface area contributed by atoms with Crippen LogP contribution in [0.1, 0.15) is 42.1 Å². The lowest BCUT2D eigenvalue weighted by atomic mass is 9.86. The van der Waals surface area contributed by atoms with Crippen molar-refractivity contribution >= 4 is 23.2 Å². The van der Waals surface area contributed by atoms with Crippen LogP contribution in [0, 0.1) is 6.92 Å². The number of hydrogen-bond acceptors (Lipinski definition) is 3. The summed E-state index contributed by atoms with van der Waals surface area (Å²) in [5.74, 6) is 1.41. The van der Waals surface area contributed by atoms with Gasteiger partial charge in [0, 0.05) is 10.7 Å². The van der Waals surface area contributed by atoms with Crippen LogP contribution < -0.4 is 14.4 Å². The van der Waals surface area contributed by atoms with Gasteiger partial charge in [0.2, 0.25) is 5.91 Å². The molecule has 0 aromatic heterocycles. The van der Waals surface area contributed by atoms with Crippen molar-refractivity contribution in [3.63, 3.8) is 0 Å². The number of hydrogen-bond donors (Lipinski definition) is 0. The first-order valence-electron chi connectivity index (χ1n) is 10.6. The summed E-state index contributed by atoms with van der Waals surface area (Å²) in [4.78, 5) is 15.3. The van der Waals surface area contributed by atoms with E-state index in [0.717, 1.165) is 27.9 Å². The predicted molar refractivity (Wildman–Crippen MR) is 124 cm³/mol. The minimum atomic E-state index is -0.271. The molecular weight excluding hydrogens is 410 g/mol. The normalized spacial score (nSPS) is 15.5. The number of rotatable bonds is 6. The molecule has 0 N–H and O–H groups in total. The topological polar surface area (TPSA) is 38.8 Å². The Morgan fingerprint density at radius 3 is 2.29 bits per heavy atom. The van der Waals surface area contributed by atoms with E-state index in [1.165, 1.54) is 0 Å². The lowest BCUT2D eigenvalue weighted by molar-refractivity contribution is -0.118. The Balaban J connectivity index is 1.93. The van der Waals surface area contributed by atoms with E-state index in [1.807, 2.05) is 61.2 Å². The number of anilines is 1. The second kappa shape index (κ2) is 9.03. The summed E-state index contributed by atoms with van der Waals surface area (Å²) in [5.41, 5.74) is 5.03. The van der Waals surface area contributed by atoms with Gasteiger partial charge in [-0.05, 0) is 73.9 Å². The number of nitrogens with zero attached hydrogens (tertiary/aromatic N) is 1. The molecule has 0 saturated heterocycles. The molecule has 0 radical (unpaired) electrons. The Morgan fingerprint density at radius 1 is 0.968 bits per heavy atom. The maximum atomic E-state index is 13.4. The van der Waals surface area contributed by atoms with E-state index in [-0.39, 0.29) is 11.9 Å². The van der Waals surface area contributed by atoms with Crippen molar-refractivity contribution < 1.29 is 14.3 Å². The van der Waals surface area contributed by atoms with Crippen LogP contribution in [0.2, 0.25) is 5.02 Å². The maximum absolute atomic E-state index is 13.4. The van der Waals surface area contributed by atoms with Crippen molar-refractivity contribution in [2.75, 3.05) is 18.1 Å². The highest BCUT2D eigenvalue weighted by atomic mass is 35.5. The molecule has 0 unspecified atom stereocenters. The van der Waals surface area contributed by atoms with E-state index in [4.69, 9.17) is 21.1 Å². The Hall–Kier alpha value is -2.98. The van der Waals surface area contributed by atoms with E-state index in [2.05, 4.69) is 25.1 Å². The number of carbonyl (C=O) groups is 1. The van der Waals surface area contributed by atoms with Gasteiger partial charge in [-0.3, -0.25) is 4.79 Å². The Kier molecular flexibility index (Phi) is 6.19. The second-order valence-corrected chi connectivity index (χ2v) is 8.03. The minimum absolute atomic E-state index is 0.0351. The van der Waals surface area contributed by atoms with Gasteiger partial charge < -0.3 is 14.4 Å². The fourth-order valence-corrected chi connectivity index (χ4v) is 4.28. The molecule has 0 saturated carbocycles. The Labute approximate surface area is 188 Å². The molecule has 0 aliphatic carbocycles. The van der Waals surface area contributed by atoms with Crippen LogP contribution in [0.5, 0.6) is 11.5 Å². The van der Waals surface area contributed by atoms with Crippen molar-refractivity contribution in [1.82, 2.24) is 0 Å². The van der Waals surface area contributed by atoms with Crippen LogP contribution in [-0.2, 0) is 11.2 Å². The summed E-state index contributed by atoms with van der Waals surface area (Å²) in [5, 5.41) is 0.640. The summed E-state index contributed by atoms with van der Waals surface area (Å²) in [6.07, 6.45) is 0.298. The van der Waals surface area contributed by atoms with Crippen molar-refractivity contribution in [3.05, 3.63) is 87.9 Å². The number of halogens is 1. The van der Waals surface area contributed by atoms with Crippen LogP contribution in [0.15, 0.2) is 60.7 Å². The molecule has 1 amide bonds. The van der Waals surface area contributed by atoms with E-state index in [1.54, 1.807) is 0 Å². The summed E-state index contributed by atoms with van der Waals surface area (Å²) >= 11 is 6.11. The Bertz CT molecular complexity index is 1090. The van der Waals surface area contributed by atoms with Gasteiger partial charge >= 0.3 is 0 Å². The number of amides is 1. The molecule has 3 aromatic carbocycles. The molecule has 0 bridgehead atoms. The minimum Gasteiger partial charge on any atom is -0.490 e. The standard InChI is InChI=1S/C26H26ClNO3/c1-4-30-23-14-19-15-25(29)28(21-11-9-20(27)10-12-21)26(18-8-6-7-17(3)13-18)22(19)16-24(23)31-5-2/h6-14,16,26H,4-5,15H2,1-3H3/t26-/m0/s1. The zero-order valence-corrected chi connectivity index (χ0v) is 18.8. The Morgan fingerprint density at radius 2 is 1.65 bits per heavy atom. The largest absolute Gasteiger partial charge is 0.490 e. The van der Waals surface area contributed by atoms with Gasteiger partial charge in [-0.15, -0.1) is 0 Å². The van der Waals surface area contributed by atoms with Crippen molar-refractivity contribution in [2.24, 2.45) is 0 Å². The molecule has 0 fully saturated rings. The second-order valence-electron chi connectivity index (χ2n) is 7.60. The van der Waals surface area contributed by atoms with Gasteiger partial charge in [0.15, 0.2) is 11.5 Å².